The van der Waals surface area contributed by atoms with E-state index < -0.39 is 21.3 Å². The van der Waals surface area contributed by atoms with E-state index in [1.54, 1.807) is 0 Å². The largest absolute Gasteiger partial charge is 0.493 e. The molecule has 0 spiro atoms. The summed E-state index contributed by atoms with van der Waals surface area (Å²) in [5.74, 6) is 0.263. The van der Waals surface area contributed by atoms with Crippen molar-refractivity contribution in [2.45, 2.75) is 24.2 Å². The third-order valence-electron chi connectivity index (χ3n) is 5.09. The fourth-order valence-electron chi connectivity index (χ4n) is 3.52. The number of piperidine rings is 1. The molecule has 0 aliphatic carbocycles. The van der Waals surface area contributed by atoms with Gasteiger partial charge in [-0.05, 0) is 43.2 Å². The summed E-state index contributed by atoms with van der Waals surface area (Å²) in [6, 6.07) is 13.5. The summed E-state index contributed by atoms with van der Waals surface area (Å²) < 4.78 is 33.2. The third kappa shape index (κ3) is 5.42. The quantitative estimate of drug-likeness (QED) is 0.687. The molecular weight excluding hydrogens is 435 g/mol. The highest BCUT2D eigenvalue weighted by Gasteiger charge is 2.40. The molecule has 156 valence electrons. The number of nitrogens with zero attached hydrogens (tertiary/aromatic N) is 1. The lowest BCUT2D eigenvalue weighted by Gasteiger charge is -2.40. The van der Waals surface area contributed by atoms with Crippen molar-refractivity contribution in [3.8, 4) is 5.75 Å². The molecule has 6 nitrogen and oxygen atoms in total. The number of hydrogen-bond donors (Lipinski definition) is 1. The van der Waals surface area contributed by atoms with Crippen LogP contribution >= 0.6 is 23.2 Å². The van der Waals surface area contributed by atoms with Crippen LogP contribution in [0.2, 0.25) is 10.0 Å². The van der Waals surface area contributed by atoms with Crippen molar-refractivity contribution < 1.29 is 17.9 Å². The van der Waals surface area contributed by atoms with Gasteiger partial charge in [-0.3, -0.25) is 4.79 Å². The normalized spacial score (nSPS) is 17.0. The summed E-state index contributed by atoms with van der Waals surface area (Å²) in [7, 11) is -3.75. The average molecular weight is 457 g/mol. The number of sulfonamides is 1. The zero-order chi connectivity index (χ0) is 21.1. The first-order valence-corrected chi connectivity index (χ1v) is 11.3. The second kappa shape index (κ2) is 8.92. The van der Waals surface area contributed by atoms with Crippen LogP contribution in [0.1, 0.15) is 19.3 Å². The van der Waals surface area contributed by atoms with Crippen LogP contribution in [0, 0.1) is 5.41 Å². The average Bonchev–Trinajstić information content (AvgIpc) is 2.66. The zero-order valence-corrected chi connectivity index (χ0v) is 18.0. The Morgan fingerprint density at radius 3 is 2.21 bits per heavy atom. The lowest BCUT2D eigenvalue weighted by molar-refractivity contribution is -0.121. The highest BCUT2D eigenvalue weighted by Crippen LogP contribution is 2.38. The van der Waals surface area contributed by atoms with Gasteiger partial charge in [-0.25, -0.2) is 8.42 Å². The van der Waals surface area contributed by atoms with Gasteiger partial charge in [0.2, 0.25) is 15.9 Å². The number of para-hydroxylation sites is 1. The molecule has 1 aliphatic rings. The minimum atomic E-state index is -3.75. The lowest BCUT2D eigenvalue weighted by atomic mass is 9.76. The fraction of sp³-hybridized carbons (Fsp3) is 0.350. The predicted molar refractivity (Wildman–Crippen MR) is 113 cm³/mol. The standard InChI is InChI=1S/C20H22Cl2N2O4S/c21-15-10-16(22)12-18(11-15)29(26,27)24-8-6-20(7-9-24,13-19(23)25)14-28-17-4-2-1-3-5-17/h1-5,10-12H,6-9,13-14H2,(H2,23,25). The molecule has 1 heterocycles. The highest BCUT2D eigenvalue weighted by atomic mass is 35.5. The summed E-state index contributed by atoms with van der Waals surface area (Å²) >= 11 is 11.9. The summed E-state index contributed by atoms with van der Waals surface area (Å²) in [5.41, 5.74) is 4.95. The van der Waals surface area contributed by atoms with Crippen LogP contribution in [0.4, 0.5) is 0 Å². The van der Waals surface area contributed by atoms with Crippen LogP contribution in [0.15, 0.2) is 53.4 Å². The van der Waals surface area contributed by atoms with Crippen LogP contribution in [0.25, 0.3) is 0 Å². The summed E-state index contributed by atoms with van der Waals surface area (Å²) in [6.07, 6.45) is 1.04. The third-order valence-corrected chi connectivity index (χ3v) is 7.41. The highest BCUT2D eigenvalue weighted by molar-refractivity contribution is 7.89. The van der Waals surface area contributed by atoms with Gasteiger partial charge in [-0.2, -0.15) is 4.31 Å². The molecular formula is C20H22Cl2N2O4S. The Morgan fingerprint density at radius 1 is 1.07 bits per heavy atom. The van der Waals surface area contributed by atoms with Crippen molar-refractivity contribution in [1.82, 2.24) is 4.31 Å². The molecule has 2 N–H and O–H groups in total. The maximum Gasteiger partial charge on any atom is 0.243 e. The number of carbonyl (C=O) groups is 1. The Kier molecular flexibility index (Phi) is 6.73. The van der Waals surface area contributed by atoms with E-state index in [2.05, 4.69) is 0 Å². The molecule has 2 aromatic carbocycles. The Hall–Kier alpha value is -1.80. The molecule has 0 bridgehead atoms. The van der Waals surface area contributed by atoms with Crippen LogP contribution in [-0.2, 0) is 14.8 Å². The van der Waals surface area contributed by atoms with Gasteiger partial charge in [-0.15, -0.1) is 0 Å². The number of hydrogen-bond acceptors (Lipinski definition) is 4. The molecule has 1 fully saturated rings. The van der Waals surface area contributed by atoms with Crippen molar-refractivity contribution in [2.75, 3.05) is 19.7 Å². The van der Waals surface area contributed by atoms with Crippen LogP contribution in [0.5, 0.6) is 5.75 Å². The summed E-state index contributed by atoms with van der Waals surface area (Å²) in [6.45, 7) is 0.784. The molecule has 0 unspecified atom stereocenters. The molecule has 29 heavy (non-hydrogen) atoms. The number of rotatable bonds is 7. The molecule has 3 rings (SSSR count). The lowest BCUT2D eigenvalue weighted by Crippen LogP contribution is -2.47. The van der Waals surface area contributed by atoms with E-state index in [-0.39, 0.29) is 41.1 Å². The Bertz CT molecular complexity index is 955. The van der Waals surface area contributed by atoms with Gasteiger partial charge in [0.05, 0.1) is 11.5 Å². The number of amides is 1. The monoisotopic (exact) mass is 456 g/mol. The summed E-state index contributed by atoms with van der Waals surface area (Å²) in [5, 5.41) is 0.514. The second-order valence-electron chi connectivity index (χ2n) is 7.25. The smallest absolute Gasteiger partial charge is 0.243 e. The maximum atomic E-state index is 13.0. The molecule has 1 amide bonds. The topological polar surface area (TPSA) is 89.7 Å². The van der Waals surface area contributed by atoms with Crippen LogP contribution in [-0.4, -0.2) is 38.3 Å². The zero-order valence-electron chi connectivity index (χ0n) is 15.7. The molecule has 0 saturated carbocycles. The van der Waals surface area contributed by atoms with Gasteiger partial charge >= 0.3 is 0 Å². The first kappa shape index (κ1) is 21.9. The van der Waals surface area contributed by atoms with E-state index >= 15 is 0 Å². The van der Waals surface area contributed by atoms with Crippen LogP contribution < -0.4 is 10.5 Å². The van der Waals surface area contributed by atoms with Crippen molar-refractivity contribution in [1.29, 1.82) is 0 Å². The molecule has 0 aromatic heterocycles. The maximum absolute atomic E-state index is 13.0. The number of carbonyl (C=O) groups excluding carboxylic acids is 1. The number of primary amides is 1. The molecule has 1 aliphatic heterocycles. The van der Waals surface area contributed by atoms with Gasteiger partial charge in [0, 0.05) is 35.0 Å². The van der Waals surface area contributed by atoms with E-state index in [0.29, 0.717) is 18.6 Å². The number of ether oxygens (including phenoxy) is 1. The summed E-state index contributed by atoms with van der Waals surface area (Å²) in [4.78, 5) is 11.7. The van der Waals surface area contributed by atoms with E-state index in [1.807, 2.05) is 30.3 Å². The molecule has 0 atom stereocenters. The number of halogens is 2. The van der Waals surface area contributed by atoms with E-state index in [0.717, 1.165) is 0 Å². The first-order chi connectivity index (χ1) is 13.7. The second-order valence-corrected chi connectivity index (χ2v) is 10.1. The van der Waals surface area contributed by atoms with Gasteiger partial charge in [0.25, 0.3) is 0 Å². The van der Waals surface area contributed by atoms with Gasteiger partial charge in [-0.1, -0.05) is 41.4 Å². The number of nitrogens with two attached hydrogens (primary N) is 1. The van der Waals surface area contributed by atoms with E-state index in [1.165, 1.54) is 22.5 Å². The van der Waals surface area contributed by atoms with Crippen molar-refractivity contribution in [3.63, 3.8) is 0 Å². The van der Waals surface area contributed by atoms with Gasteiger partial charge < -0.3 is 10.5 Å². The predicted octanol–water partition coefficient (Wildman–Crippen LogP) is 3.72. The van der Waals surface area contributed by atoms with Gasteiger partial charge in [0.15, 0.2) is 0 Å². The minimum Gasteiger partial charge on any atom is -0.493 e. The molecule has 0 radical (unpaired) electrons. The minimum absolute atomic E-state index is 0.0536. The molecule has 9 heteroatoms. The molecule has 1 saturated heterocycles. The van der Waals surface area contributed by atoms with Crippen molar-refractivity contribution in [3.05, 3.63) is 58.6 Å². The van der Waals surface area contributed by atoms with Crippen molar-refractivity contribution in [2.24, 2.45) is 11.1 Å². The van der Waals surface area contributed by atoms with Gasteiger partial charge in [0.1, 0.15) is 5.75 Å². The van der Waals surface area contributed by atoms with E-state index in [4.69, 9.17) is 33.7 Å². The van der Waals surface area contributed by atoms with Crippen molar-refractivity contribution >= 4 is 39.1 Å². The van der Waals surface area contributed by atoms with Crippen LogP contribution in [0.3, 0.4) is 0 Å². The fourth-order valence-corrected chi connectivity index (χ4v) is 5.69. The SMILES string of the molecule is NC(=O)CC1(COc2ccccc2)CCN(S(=O)(=O)c2cc(Cl)cc(Cl)c2)CC1. The Balaban J connectivity index is 1.74. The molecule has 2 aromatic rings. The van der Waals surface area contributed by atoms with E-state index in [9.17, 15) is 13.2 Å². The Labute approximate surface area is 180 Å². The first-order valence-electron chi connectivity index (χ1n) is 9.13. The Morgan fingerprint density at radius 2 is 1.66 bits per heavy atom. The number of benzene rings is 2.